The zero-order chi connectivity index (χ0) is 13.8. The molecule has 1 aromatic rings. The second kappa shape index (κ2) is 6.15. The first-order valence-electron chi connectivity index (χ1n) is 6.68. The fraction of sp³-hybridized carbons (Fsp3) is 0.500. The van der Waals surface area contributed by atoms with E-state index in [9.17, 15) is 0 Å². The van der Waals surface area contributed by atoms with Gasteiger partial charge in [0, 0.05) is 18.7 Å². The molecule has 0 heterocycles. The van der Waals surface area contributed by atoms with Gasteiger partial charge in [0.15, 0.2) is 5.84 Å². The molecule has 0 radical (unpaired) electrons. The van der Waals surface area contributed by atoms with Gasteiger partial charge in [0.25, 0.3) is 0 Å². The summed E-state index contributed by atoms with van der Waals surface area (Å²) >= 11 is 6.33. The molecule has 1 aliphatic carbocycles. The number of oxime groups is 1. The summed E-state index contributed by atoms with van der Waals surface area (Å²) in [5.41, 5.74) is 7.24. The summed E-state index contributed by atoms with van der Waals surface area (Å²) in [6.45, 7) is 4.23. The third-order valence-corrected chi connectivity index (χ3v) is 3.66. The molecule has 4 nitrogen and oxygen atoms in total. The highest BCUT2D eigenvalue weighted by Crippen LogP contribution is 2.34. The Bertz CT molecular complexity index is 472. The van der Waals surface area contributed by atoms with Gasteiger partial charge in [0.1, 0.15) is 0 Å². The van der Waals surface area contributed by atoms with Crippen LogP contribution in [0.5, 0.6) is 0 Å². The average Bonchev–Trinajstić information content (AvgIpc) is 3.21. The number of rotatable bonds is 6. The Kier molecular flexibility index (Phi) is 4.53. The maximum Gasteiger partial charge on any atom is 0.170 e. The summed E-state index contributed by atoms with van der Waals surface area (Å²) in [7, 11) is 0. The summed E-state index contributed by atoms with van der Waals surface area (Å²) in [6, 6.07) is 5.54. The minimum absolute atomic E-state index is 0.0812. The quantitative estimate of drug-likeness (QED) is 0.365. The topological polar surface area (TPSA) is 61.8 Å². The van der Waals surface area contributed by atoms with Crippen molar-refractivity contribution in [1.29, 1.82) is 0 Å². The molecule has 0 unspecified atom stereocenters. The number of benzene rings is 1. The van der Waals surface area contributed by atoms with Crippen LogP contribution in [0.3, 0.4) is 0 Å². The monoisotopic (exact) mass is 281 g/mol. The van der Waals surface area contributed by atoms with Crippen LogP contribution in [-0.2, 0) is 0 Å². The summed E-state index contributed by atoms with van der Waals surface area (Å²) in [5, 5.41) is 12.3. The fourth-order valence-corrected chi connectivity index (χ4v) is 2.47. The van der Waals surface area contributed by atoms with Gasteiger partial charge >= 0.3 is 0 Å². The first kappa shape index (κ1) is 14.0. The first-order valence-corrected chi connectivity index (χ1v) is 7.06. The Labute approximate surface area is 118 Å². The molecule has 0 saturated heterocycles. The van der Waals surface area contributed by atoms with Crippen LogP contribution in [0.25, 0.3) is 0 Å². The average molecular weight is 282 g/mol. The number of hydrogen-bond acceptors (Lipinski definition) is 3. The van der Waals surface area contributed by atoms with Crippen LogP contribution in [-0.4, -0.2) is 24.1 Å². The van der Waals surface area contributed by atoms with Gasteiger partial charge < -0.3 is 15.8 Å². The highest BCUT2D eigenvalue weighted by Gasteiger charge is 2.25. The first-order chi connectivity index (χ1) is 9.15. The molecule has 19 heavy (non-hydrogen) atoms. The molecule has 5 heteroatoms. The van der Waals surface area contributed by atoms with E-state index in [2.05, 4.69) is 17.0 Å². The van der Waals surface area contributed by atoms with Crippen molar-refractivity contribution in [1.82, 2.24) is 0 Å². The van der Waals surface area contributed by atoms with E-state index in [-0.39, 0.29) is 5.84 Å². The molecule has 0 atom stereocenters. The predicted octanol–water partition coefficient (Wildman–Crippen LogP) is 3.06. The van der Waals surface area contributed by atoms with Crippen LogP contribution in [0.2, 0.25) is 5.02 Å². The summed E-state index contributed by atoms with van der Waals surface area (Å²) in [4.78, 5) is 2.33. The number of nitrogens with zero attached hydrogens (tertiary/aromatic N) is 2. The van der Waals surface area contributed by atoms with Crippen molar-refractivity contribution < 1.29 is 5.21 Å². The maximum absolute atomic E-state index is 8.68. The zero-order valence-corrected chi connectivity index (χ0v) is 11.9. The number of nitrogens with two attached hydrogens (primary N) is 1. The lowest BCUT2D eigenvalue weighted by Crippen LogP contribution is -2.27. The SMILES string of the molecule is CCCN(CC1CC1)c1ccc(C(N)=NO)cc1Cl. The number of anilines is 1. The molecule has 1 fully saturated rings. The Morgan fingerprint density at radius 3 is 2.79 bits per heavy atom. The molecule has 1 saturated carbocycles. The molecule has 0 aliphatic heterocycles. The molecular weight excluding hydrogens is 262 g/mol. The zero-order valence-electron chi connectivity index (χ0n) is 11.1. The molecule has 1 aromatic carbocycles. The molecule has 104 valence electrons. The van der Waals surface area contributed by atoms with Crippen LogP contribution in [0.4, 0.5) is 5.69 Å². The van der Waals surface area contributed by atoms with Gasteiger partial charge in [-0.05, 0) is 43.4 Å². The molecule has 0 amide bonds. The Morgan fingerprint density at radius 2 is 2.26 bits per heavy atom. The third kappa shape index (κ3) is 3.53. The normalized spacial score (nSPS) is 15.6. The van der Waals surface area contributed by atoms with E-state index in [1.807, 2.05) is 12.1 Å². The van der Waals surface area contributed by atoms with Gasteiger partial charge in [-0.1, -0.05) is 23.7 Å². The van der Waals surface area contributed by atoms with Gasteiger partial charge in [-0.3, -0.25) is 0 Å². The highest BCUT2D eigenvalue weighted by molar-refractivity contribution is 6.33. The molecule has 0 bridgehead atoms. The molecular formula is C14H20ClN3O. The van der Waals surface area contributed by atoms with E-state index < -0.39 is 0 Å². The van der Waals surface area contributed by atoms with Crippen molar-refractivity contribution in [3.63, 3.8) is 0 Å². The fourth-order valence-electron chi connectivity index (χ4n) is 2.17. The van der Waals surface area contributed by atoms with Crippen molar-refractivity contribution >= 4 is 23.1 Å². The molecule has 0 aromatic heterocycles. The van der Waals surface area contributed by atoms with E-state index in [4.69, 9.17) is 22.5 Å². The van der Waals surface area contributed by atoms with E-state index in [1.165, 1.54) is 12.8 Å². The van der Waals surface area contributed by atoms with Crippen molar-refractivity contribution in [2.75, 3.05) is 18.0 Å². The van der Waals surface area contributed by atoms with Gasteiger partial charge in [-0.2, -0.15) is 0 Å². The van der Waals surface area contributed by atoms with E-state index in [0.29, 0.717) is 10.6 Å². The molecule has 0 spiro atoms. The Hall–Kier alpha value is -1.42. The Morgan fingerprint density at radius 1 is 1.53 bits per heavy atom. The third-order valence-electron chi connectivity index (χ3n) is 3.36. The second-order valence-corrected chi connectivity index (χ2v) is 5.45. The standard InChI is InChI=1S/C14H20ClN3O/c1-2-7-18(9-10-3-4-10)13-6-5-11(8-12(13)15)14(16)17-19/h5-6,8,10,19H,2-4,7,9H2,1H3,(H2,16,17). The van der Waals surface area contributed by atoms with Gasteiger partial charge in [-0.25, -0.2) is 0 Å². The number of halogens is 1. The number of amidine groups is 1. The minimum atomic E-state index is 0.0812. The van der Waals surface area contributed by atoms with Gasteiger partial charge in [0.2, 0.25) is 0 Å². The van der Waals surface area contributed by atoms with Crippen molar-refractivity contribution in [3.8, 4) is 0 Å². The summed E-state index contributed by atoms with van der Waals surface area (Å²) in [6.07, 6.45) is 3.73. The molecule has 1 aliphatic rings. The number of hydrogen-bond donors (Lipinski definition) is 2. The maximum atomic E-state index is 8.68. The predicted molar refractivity (Wildman–Crippen MR) is 79.2 cm³/mol. The summed E-state index contributed by atoms with van der Waals surface area (Å²) in [5.74, 6) is 0.893. The van der Waals surface area contributed by atoms with Crippen molar-refractivity contribution in [2.24, 2.45) is 16.8 Å². The van der Waals surface area contributed by atoms with Crippen molar-refractivity contribution in [3.05, 3.63) is 28.8 Å². The van der Waals surface area contributed by atoms with Crippen LogP contribution in [0, 0.1) is 5.92 Å². The second-order valence-electron chi connectivity index (χ2n) is 5.04. The van der Waals surface area contributed by atoms with Crippen LogP contribution >= 0.6 is 11.6 Å². The highest BCUT2D eigenvalue weighted by atomic mass is 35.5. The lowest BCUT2D eigenvalue weighted by molar-refractivity contribution is 0.318. The van der Waals surface area contributed by atoms with E-state index >= 15 is 0 Å². The van der Waals surface area contributed by atoms with Crippen LogP contribution in [0.15, 0.2) is 23.4 Å². The lowest BCUT2D eigenvalue weighted by atomic mass is 10.1. The Balaban J connectivity index is 2.21. The van der Waals surface area contributed by atoms with Crippen LogP contribution in [0.1, 0.15) is 31.7 Å². The van der Waals surface area contributed by atoms with Crippen molar-refractivity contribution in [2.45, 2.75) is 26.2 Å². The van der Waals surface area contributed by atoms with Gasteiger partial charge in [0.05, 0.1) is 10.7 Å². The van der Waals surface area contributed by atoms with E-state index in [1.54, 1.807) is 6.07 Å². The van der Waals surface area contributed by atoms with Gasteiger partial charge in [-0.15, -0.1) is 0 Å². The largest absolute Gasteiger partial charge is 0.409 e. The molecule has 2 rings (SSSR count). The molecule has 3 N–H and O–H groups in total. The minimum Gasteiger partial charge on any atom is -0.409 e. The lowest BCUT2D eigenvalue weighted by Gasteiger charge is -2.25. The van der Waals surface area contributed by atoms with E-state index in [0.717, 1.165) is 31.1 Å². The summed E-state index contributed by atoms with van der Waals surface area (Å²) < 4.78 is 0. The smallest absolute Gasteiger partial charge is 0.170 e. The van der Waals surface area contributed by atoms with Crippen LogP contribution < -0.4 is 10.6 Å².